The Morgan fingerprint density at radius 1 is 1.00 bits per heavy atom. The Hall–Kier alpha value is -1.02. The van der Waals surface area contributed by atoms with Crippen molar-refractivity contribution in [1.82, 2.24) is 4.90 Å². The minimum atomic E-state index is 0.543. The molecule has 3 fully saturated rings. The first-order valence-electron chi connectivity index (χ1n) is 9.76. The number of fused-ring (bicyclic) bond motifs is 2. The quantitative estimate of drug-likeness (QED) is 0.762. The molecule has 0 radical (unpaired) electrons. The SMILES string of the molecule is Cc1cc(C)c(N2CCN(C3CC4CC3(C)CC4(C)C)C2)c(C)c1. The highest BCUT2D eigenvalue weighted by molar-refractivity contribution is 5.60. The van der Waals surface area contributed by atoms with Crippen LogP contribution in [0.5, 0.6) is 0 Å². The van der Waals surface area contributed by atoms with Crippen molar-refractivity contribution in [2.45, 2.75) is 66.8 Å². The lowest BCUT2D eigenvalue weighted by Crippen LogP contribution is -2.46. The Morgan fingerprint density at radius 2 is 1.67 bits per heavy atom. The molecule has 4 rings (SSSR count). The van der Waals surface area contributed by atoms with E-state index in [0.29, 0.717) is 10.8 Å². The number of aryl methyl sites for hydroxylation is 3. The van der Waals surface area contributed by atoms with Gasteiger partial charge < -0.3 is 4.90 Å². The van der Waals surface area contributed by atoms with Gasteiger partial charge in [-0.25, -0.2) is 0 Å². The summed E-state index contributed by atoms with van der Waals surface area (Å²) in [5.41, 5.74) is 6.85. The normalized spacial score (nSPS) is 35.2. The number of anilines is 1. The van der Waals surface area contributed by atoms with Gasteiger partial charge in [0.15, 0.2) is 0 Å². The molecule has 0 N–H and O–H groups in total. The van der Waals surface area contributed by atoms with Crippen molar-refractivity contribution < 1.29 is 0 Å². The second-order valence-corrected chi connectivity index (χ2v) is 9.94. The first-order chi connectivity index (χ1) is 11.2. The summed E-state index contributed by atoms with van der Waals surface area (Å²) in [6.07, 6.45) is 4.28. The van der Waals surface area contributed by atoms with Crippen molar-refractivity contribution in [3.05, 3.63) is 28.8 Å². The minimum absolute atomic E-state index is 0.543. The molecular weight excluding hydrogens is 292 g/mol. The molecule has 3 unspecified atom stereocenters. The third-order valence-corrected chi connectivity index (χ3v) is 7.39. The zero-order valence-corrected chi connectivity index (χ0v) is 16.4. The lowest BCUT2D eigenvalue weighted by molar-refractivity contribution is 0.0648. The second kappa shape index (κ2) is 5.24. The predicted molar refractivity (Wildman–Crippen MR) is 103 cm³/mol. The molecule has 132 valence electrons. The van der Waals surface area contributed by atoms with Crippen LogP contribution in [0.1, 0.15) is 56.7 Å². The summed E-state index contributed by atoms with van der Waals surface area (Å²) in [4.78, 5) is 5.43. The van der Waals surface area contributed by atoms with Crippen molar-refractivity contribution >= 4 is 5.69 Å². The highest BCUT2D eigenvalue weighted by atomic mass is 15.4. The Bertz CT molecular complexity index is 639. The van der Waals surface area contributed by atoms with E-state index in [1.807, 2.05) is 0 Å². The van der Waals surface area contributed by atoms with Crippen molar-refractivity contribution in [3.8, 4) is 0 Å². The van der Waals surface area contributed by atoms with E-state index >= 15 is 0 Å². The largest absolute Gasteiger partial charge is 0.357 e. The van der Waals surface area contributed by atoms with E-state index in [4.69, 9.17) is 0 Å². The monoisotopic (exact) mass is 326 g/mol. The molecule has 0 amide bonds. The van der Waals surface area contributed by atoms with E-state index in [1.165, 1.54) is 54.7 Å². The molecular formula is C22H34N2. The Morgan fingerprint density at radius 3 is 2.21 bits per heavy atom. The lowest BCUT2D eigenvalue weighted by Gasteiger charge is -2.43. The Kier molecular flexibility index (Phi) is 3.59. The van der Waals surface area contributed by atoms with Gasteiger partial charge in [0.05, 0.1) is 6.67 Å². The number of benzene rings is 1. The first kappa shape index (κ1) is 16.4. The summed E-state index contributed by atoms with van der Waals surface area (Å²) in [6.45, 7) is 17.9. The van der Waals surface area contributed by atoms with Gasteiger partial charge >= 0.3 is 0 Å². The molecule has 2 saturated carbocycles. The summed E-state index contributed by atoms with van der Waals surface area (Å²) in [5.74, 6) is 0.935. The molecule has 24 heavy (non-hydrogen) atoms. The summed E-state index contributed by atoms with van der Waals surface area (Å²) >= 11 is 0. The zero-order valence-electron chi connectivity index (χ0n) is 16.4. The average Bonchev–Trinajstić information content (AvgIpc) is 3.07. The second-order valence-electron chi connectivity index (χ2n) is 9.94. The number of rotatable bonds is 2. The van der Waals surface area contributed by atoms with E-state index in [9.17, 15) is 0 Å². The average molecular weight is 327 g/mol. The van der Waals surface area contributed by atoms with Crippen LogP contribution in [-0.2, 0) is 0 Å². The van der Waals surface area contributed by atoms with Gasteiger partial charge in [0.1, 0.15) is 0 Å². The molecule has 1 saturated heterocycles. The van der Waals surface area contributed by atoms with Crippen LogP contribution < -0.4 is 4.90 Å². The van der Waals surface area contributed by atoms with Crippen molar-refractivity contribution in [2.24, 2.45) is 16.7 Å². The number of nitrogens with zero attached hydrogens (tertiary/aromatic N) is 2. The van der Waals surface area contributed by atoms with Crippen LogP contribution in [-0.4, -0.2) is 30.7 Å². The van der Waals surface area contributed by atoms with E-state index < -0.39 is 0 Å². The Labute approximate surface area is 148 Å². The van der Waals surface area contributed by atoms with Crippen LogP contribution in [0.3, 0.4) is 0 Å². The number of hydrogen-bond donors (Lipinski definition) is 0. The van der Waals surface area contributed by atoms with Crippen LogP contribution in [0.25, 0.3) is 0 Å². The summed E-state index contributed by atoms with van der Waals surface area (Å²) < 4.78 is 0. The molecule has 2 heteroatoms. The van der Waals surface area contributed by atoms with E-state index in [-0.39, 0.29) is 0 Å². The van der Waals surface area contributed by atoms with Crippen LogP contribution in [0.4, 0.5) is 5.69 Å². The minimum Gasteiger partial charge on any atom is -0.357 e. The highest BCUT2D eigenvalue weighted by Crippen LogP contribution is 2.63. The maximum atomic E-state index is 2.80. The number of hydrogen-bond acceptors (Lipinski definition) is 2. The van der Waals surface area contributed by atoms with Gasteiger partial charge in [0, 0.05) is 24.8 Å². The molecule has 3 aliphatic rings. The lowest BCUT2D eigenvalue weighted by atomic mass is 9.70. The maximum Gasteiger partial charge on any atom is 0.0711 e. The van der Waals surface area contributed by atoms with Gasteiger partial charge in [-0.2, -0.15) is 0 Å². The van der Waals surface area contributed by atoms with Gasteiger partial charge in [-0.05, 0) is 67.9 Å². The summed E-state index contributed by atoms with van der Waals surface area (Å²) in [5, 5.41) is 0. The van der Waals surface area contributed by atoms with Crippen LogP contribution in [0, 0.1) is 37.5 Å². The molecule has 0 aromatic heterocycles. The molecule has 2 bridgehead atoms. The van der Waals surface area contributed by atoms with E-state index in [0.717, 1.165) is 18.6 Å². The molecule has 1 aromatic carbocycles. The molecule has 3 atom stereocenters. The smallest absolute Gasteiger partial charge is 0.0711 e. The van der Waals surface area contributed by atoms with Gasteiger partial charge in [0.25, 0.3) is 0 Å². The van der Waals surface area contributed by atoms with Crippen LogP contribution >= 0.6 is 0 Å². The van der Waals surface area contributed by atoms with Crippen LogP contribution in [0.2, 0.25) is 0 Å². The van der Waals surface area contributed by atoms with Crippen molar-refractivity contribution in [2.75, 3.05) is 24.7 Å². The standard InChI is InChI=1S/C22H34N2/c1-15-9-16(2)20(17(3)10-15)24-8-7-23(14-24)19-11-18-12-22(19,6)13-21(18,4)5/h9-10,18-19H,7-8,11-14H2,1-6H3. The molecule has 1 heterocycles. The highest BCUT2D eigenvalue weighted by Gasteiger charge is 2.58. The maximum absolute atomic E-state index is 2.80. The van der Waals surface area contributed by atoms with E-state index in [2.05, 4.69) is 63.5 Å². The van der Waals surface area contributed by atoms with Gasteiger partial charge in [-0.15, -0.1) is 0 Å². The fourth-order valence-corrected chi connectivity index (χ4v) is 6.61. The fraction of sp³-hybridized carbons (Fsp3) is 0.727. The van der Waals surface area contributed by atoms with Crippen molar-refractivity contribution in [1.29, 1.82) is 0 Å². The zero-order chi connectivity index (χ0) is 17.3. The molecule has 1 aromatic rings. The van der Waals surface area contributed by atoms with Gasteiger partial charge in [-0.3, -0.25) is 4.90 Å². The third kappa shape index (κ3) is 2.41. The predicted octanol–water partition coefficient (Wildman–Crippen LogP) is 4.91. The van der Waals surface area contributed by atoms with Crippen LogP contribution in [0.15, 0.2) is 12.1 Å². The molecule has 1 aliphatic heterocycles. The van der Waals surface area contributed by atoms with E-state index in [1.54, 1.807) is 0 Å². The first-order valence-corrected chi connectivity index (χ1v) is 9.76. The topological polar surface area (TPSA) is 6.48 Å². The van der Waals surface area contributed by atoms with Crippen molar-refractivity contribution in [3.63, 3.8) is 0 Å². The molecule has 2 aliphatic carbocycles. The fourth-order valence-electron chi connectivity index (χ4n) is 6.61. The molecule has 2 nitrogen and oxygen atoms in total. The molecule has 0 spiro atoms. The summed E-state index contributed by atoms with van der Waals surface area (Å²) in [6, 6.07) is 5.48. The van der Waals surface area contributed by atoms with Gasteiger partial charge in [-0.1, -0.05) is 38.5 Å². The third-order valence-electron chi connectivity index (χ3n) is 7.39. The Balaban J connectivity index is 1.53. The van der Waals surface area contributed by atoms with Gasteiger partial charge in [0.2, 0.25) is 0 Å². The summed E-state index contributed by atoms with van der Waals surface area (Å²) in [7, 11) is 0.